The second-order valence-corrected chi connectivity index (χ2v) is 8.49. The first-order chi connectivity index (χ1) is 14.6. The van der Waals surface area contributed by atoms with Gasteiger partial charge in [0.05, 0.1) is 27.0 Å². The second-order valence-electron chi connectivity index (χ2n) is 7.02. The van der Waals surface area contributed by atoms with Crippen molar-refractivity contribution in [3.05, 3.63) is 88.9 Å². The van der Waals surface area contributed by atoms with Crippen molar-refractivity contribution in [3.63, 3.8) is 0 Å². The lowest BCUT2D eigenvalue weighted by atomic mass is 10.0. The summed E-state index contributed by atoms with van der Waals surface area (Å²) in [5, 5.41) is 4.93. The number of aromatic nitrogens is 2. The number of rotatable bonds is 3. The number of aryl methyl sites for hydroxylation is 1. The first kappa shape index (κ1) is 18.7. The number of pyridine rings is 1. The van der Waals surface area contributed by atoms with Gasteiger partial charge in [0.25, 0.3) is 5.91 Å². The molecule has 0 aliphatic heterocycles. The fraction of sp³-hybridized carbons (Fsp3) is 0.0417. The lowest BCUT2D eigenvalue weighted by Gasteiger charge is -2.10. The molecule has 6 heteroatoms. The van der Waals surface area contributed by atoms with E-state index >= 15 is 0 Å². The highest BCUT2D eigenvalue weighted by Crippen LogP contribution is 2.30. The number of benzene rings is 3. The molecular formula is C24H16ClN3OS. The highest BCUT2D eigenvalue weighted by molar-refractivity contribution is 7.22. The zero-order valence-corrected chi connectivity index (χ0v) is 17.6. The molecule has 0 saturated heterocycles. The number of thiazole rings is 1. The minimum Gasteiger partial charge on any atom is -0.298 e. The minimum absolute atomic E-state index is 0.216. The molecule has 0 aliphatic rings. The van der Waals surface area contributed by atoms with Crippen LogP contribution in [0.3, 0.4) is 0 Å². The number of fused-ring (bicyclic) bond motifs is 2. The van der Waals surface area contributed by atoms with Crippen LogP contribution >= 0.6 is 22.9 Å². The average Bonchev–Trinajstić information content (AvgIpc) is 3.14. The minimum atomic E-state index is -0.216. The molecular weight excluding hydrogens is 414 g/mol. The van der Waals surface area contributed by atoms with E-state index in [1.165, 1.54) is 16.9 Å². The highest BCUT2D eigenvalue weighted by atomic mass is 35.5. The molecule has 4 nitrogen and oxygen atoms in total. The quantitative estimate of drug-likeness (QED) is 0.346. The summed E-state index contributed by atoms with van der Waals surface area (Å²) >= 11 is 7.46. The molecule has 0 aliphatic carbocycles. The Kier molecular flexibility index (Phi) is 4.69. The summed E-state index contributed by atoms with van der Waals surface area (Å²) in [6.07, 6.45) is 0. The lowest BCUT2D eigenvalue weighted by Crippen LogP contribution is -2.13. The zero-order chi connectivity index (χ0) is 20.7. The van der Waals surface area contributed by atoms with Gasteiger partial charge in [-0.2, -0.15) is 0 Å². The van der Waals surface area contributed by atoms with Crippen molar-refractivity contribution in [2.24, 2.45) is 0 Å². The van der Waals surface area contributed by atoms with Crippen molar-refractivity contribution in [1.82, 2.24) is 9.97 Å². The molecule has 0 bridgehead atoms. The first-order valence-corrected chi connectivity index (χ1v) is 10.6. The molecule has 2 aromatic heterocycles. The number of hydrogen-bond acceptors (Lipinski definition) is 4. The molecule has 5 rings (SSSR count). The second kappa shape index (κ2) is 7.52. The lowest BCUT2D eigenvalue weighted by molar-refractivity contribution is 0.102. The first-order valence-electron chi connectivity index (χ1n) is 9.41. The largest absolute Gasteiger partial charge is 0.298 e. The van der Waals surface area contributed by atoms with Crippen LogP contribution < -0.4 is 5.32 Å². The van der Waals surface area contributed by atoms with E-state index in [-0.39, 0.29) is 5.91 Å². The molecule has 0 fully saturated rings. The van der Waals surface area contributed by atoms with Crippen LogP contribution in [0.1, 0.15) is 15.9 Å². The van der Waals surface area contributed by atoms with Gasteiger partial charge < -0.3 is 0 Å². The van der Waals surface area contributed by atoms with Gasteiger partial charge in [-0.3, -0.25) is 10.1 Å². The SMILES string of the molecule is Cc1ccc(-c2cc(C(=O)Nc3nc4ccc(Cl)cc4s3)c3ccccc3n2)cc1. The summed E-state index contributed by atoms with van der Waals surface area (Å²) in [6, 6.07) is 23.1. The molecule has 1 N–H and O–H groups in total. The average molecular weight is 430 g/mol. The van der Waals surface area contributed by atoms with Crippen LogP contribution in [0.4, 0.5) is 5.13 Å². The number of amides is 1. The Balaban J connectivity index is 1.57. The third-order valence-electron chi connectivity index (χ3n) is 4.88. The van der Waals surface area contributed by atoms with Crippen molar-refractivity contribution < 1.29 is 4.79 Å². The normalized spacial score (nSPS) is 11.1. The van der Waals surface area contributed by atoms with Crippen LogP contribution in [0.5, 0.6) is 0 Å². The molecule has 1 amide bonds. The standard InChI is InChI=1S/C24H16ClN3OS/c1-14-6-8-15(9-7-14)21-13-18(17-4-2-3-5-19(17)26-21)23(29)28-24-27-20-11-10-16(25)12-22(20)30-24/h2-13H,1H3,(H,27,28,29). The fourth-order valence-corrected chi connectivity index (χ4v) is 4.49. The molecule has 30 heavy (non-hydrogen) atoms. The van der Waals surface area contributed by atoms with Gasteiger partial charge in [0, 0.05) is 16.0 Å². The van der Waals surface area contributed by atoms with Crippen molar-refractivity contribution in [2.75, 3.05) is 5.32 Å². The van der Waals surface area contributed by atoms with Gasteiger partial charge in [0.2, 0.25) is 0 Å². The van der Waals surface area contributed by atoms with Crippen LogP contribution in [0.15, 0.2) is 72.8 Å². The Morgan fingerprint density at radius 1 is 0.933 bits per heavy atom. The molecule has 0 saturated carbocycles. The predicted octanol–water partition coefficient (Wildman–Crippen LogP) is 6.73. The van der Waals surface area contributed by atoms with Crippen LogP contribution in [-0.4, -0.2) is 15.9 Å². The predicted molar refractivity (Wildman–Crippen MR) is 124 cm³/mol. The maximum absolute atomic E-state index is 13.2. The Labute approximate surface area is 182 Å². The molecule has 0 radical (unpaired) electrons. The molecule has 3 aromatic carbocycles. The van der Waals surface area contributed by atoms with Crippen LogP contribution in [-0.2, 0) is 0 Å². The van der Waals surface area contributed by atoms with Gasteiger partial charge in [-0.1, -0.05) is 71.0 Å². The number of para-hydroxylation sites is 1. The molecule has 0 spiro atoms. The number of nitrogens with one attached hydrogen (secondary N) is 1. The molecule has 0 atom stereocenters. The number of carbonyl (C=O) groups is 1. The van der Waals surface area contributed by atoms with Gasteiger partial charge in [-0.15, -0.1) is 0 Å². The summed E-state index contributed by atoms with van der Waals surface area (Å²) in [4.78, 5) is 22.5. The summed E-state index contributed by atoms with van der Waals surface area (Å²) in [6.45, 7) is 2.04. The Morgan fingerprint density at radius 2 is 1.73 bits per heavy atom. The molecule has 146 valence electrons. The van der Waals surface area contributed by atoms with E-state index in [0.29, 0.717) is 15.7 Å². The van der Waals surface area contributed by atoms with Crippen molar-refractivity contribution in [3.8, 4) is 11.3 Å². The fourth-order valence-electron chi connectivity index (χ4n) is 3.35. The van der Waals surface area contributed by atoms with E-state index in [0.717, 1.165) is 32.4 Å². The number of anilines is 1. The molecule has 5 aromatic rings. The Bertz CT molecular complexity index is 1410. The number of halogens is 1. The number of carbonyl (C=O) groups excluding carboxylic acids is 1. The van der Waals surface area contributed by atoms with Crippen LogP contribution in [0, 0.1) is 6.92 Å². The maximum atomic E-state index is 13.2. The maximum Gasteiger partial charge on any atom is 0.258 e. The van der Waals surface area contributed by atoms with Crippen molar-refractivity contribution in [2.45, 2.75) is 6.92 Å². The van der Waals surface area contributed by atoms with Gasteiger partial charge in [0.15, 0.2) is 5.13 Å². The van der Waals surface area contributed by atoms with Crippen molar-refractivity contribution in [1.29, 1.82) is 0 Å². The highest BCUT2D eigenvalue weighted by Gasteiger charge is 2.16. The third kappa shape index (κ3) is 3.54. The number of nitrogens with zero attached hydrogens (tertiary/aromatic N) is 2. The summed E-state index contributed by atoms with van der Waals surface area (Å²) in [5.74, 6) is -0.216. The molecule has 0 unspecified atom stereocenters. The third-order valence-corrected chi connectivity index (χ3v) is 6.05. The Hall–Kier alpha value is -3.28. The van der Waals surface area contributed by atoms with Gasteiger partial charge >= 0.3 is 0 Å². The smallest absolute Gasteiger partial charge is 0.258 e. The van der Waals surface area contributed by atoms with E-state index in [1.807, 2.05) is 73.7 Å². The van der Waals surface area contributed by atoms with E-state index < -0.39 is 0 Å². The van der Waals surface area contributed by atoms with Crippen LogP contribution in [0.25, 0.3) is 32.4 Å². The summed E-state index contributed by atoms with van der Waals surface area (Å²) in [7, 11) is 0. The topological polar surface area (TPSA) is 54.9 Å². The zero-order valence-electron chi connectivity index (χ0n) is 16.0. The van der Waals surface area contributed by atoms with E-state index in [9.17, 15) is 4.79 Å². The molecule has 2 heterocycles. The Morgan fingerprint density at radius 3 is 2.57 bits per heavy atom. The van der Waals surface area contributed by atoms with Crippen molar-refractivity contribution >= 4 is 55.1 Å². The summed E-state index contributed by atoms with van der Waals surface area (Å²) < 4.78 is 0.928. The van der Waals surface area contributed by atoms with Gasteiger partial charge in [-0.05, 0) is 37.3 Å². The van der Waals surface area contributed by atoms with Gasteiger partial charge in [0.1, 0.15) is 0 Å². The van der Waals surface area contributed by atoms with E-state index in [1.54, 1.807) is 6.07 Å². The van der Waals surface area contributed by atoms with E-state index in [4.69, 9.17) is 16.6 Å². The van der Waals surface area contributed by atoms with Gasteiger partial charge in [-0.25, -0.2) is 9.97 Å². The van der Waals surface area contributed by atoms with E-state index in [2.05, 4.69) is 10.3 Å². The number of hydrogen-bond donors (Lipinski definition) is 1. The summed E-state index contributed by atoms with van der Waals surface area (Å²) in [5.41, 5.74) is 5.04. The monoisotopic (exact) mass is 429 g/mol. The van der Waals surface area contributed by atoms with Crippen LogP contribution in [0.2, 0.25) is 5.02 Å².